The van der Waals surface area contributed by atoms with E-state index >= 15 is 0 Å². The molecule has 4 nitrogen and oxygen atoms in total. The molecule has 0 radical (unpaired) electrons. The van der Waals surface area contributed by atoms with Crippen molar-refractivity contribution in [2.75, 3.05) is 17.7 Å². The van der Waals surface area contributed by atoms with Crippen molar-refractivity contribution in [3.63, 3.8) is 0 Å². The maximum Gasteiger partial charge on any atom is 0.262 e. The second-order valence-electron chi connectivity index (χ2n) is 4.03. The first-order chi connectivity index (χ1) is 9.54. The van der Waals surface area contributed by atoms with Crippen molar-refractivity contribution in [3.05, 3.63) is 54.1 Å². The van der Waals surface area contributed by atoms with Crippen molar-refractivity contribution >= 4 is 17.3 Å². The molecule has 2 rings (SSSR count). The lowest BCUT2D eigenvalue weighted by atomic mass is 10.3. The summed E-state index contributed by atoms with van der Waals surface area (Å²) in [7, 11) is 0. The van der Waals surface area contributed by atoms with Crippen molar-refractivity contribution < 1.29 is 18.3 Å². The van der Waals surface area contributed by atoms with Crippen molar-refractivity contribution in [1.82, 2.24) is 0 Å². The summed E-state index contributed by atoms with van der Waals surface area (Å²) >= 11 is 0. The first kappa shape index (κ1) is 13.8. The number of ether oxygens (including phenoxy) is 1. The zero-order valence-electron chi connectivity index (χ0n) is 10.4. The molecule has 0 unspecified atom stereocenters. The SMILES string of the molecule is Nc1ccc(OCC(=O)Nc2ccc(F)cc2)cc1F. The number of rotatable bonds is 4. The van der Waals surface area contributed by atoms with Crippen molar-refractivity contribution in [3.8, 4) is 5.75 Å². The van der Waals surface area contributed by atoms with Gasteiger partial charge >= 0.3 is 0 Å². The van der Waals surface area contributed by atoms with Gasteiger partial charge in [0, 0.05) is 11.8 Å². The number of hydrogen-bond acceptors (Lipinski definition) is 3. The Morgan fingerprint density at radius 1 is 1.15 bits per heavy atom. The van der Waals surface area contributed by atoms with Gasteiger partial charge in [-0.1, -0.05) is 0 Å². The Kier molecular flexibility index (Phi) is 4.14. The van der Waals surface area contributed by atoms with Gasteiger partial charge in [0.2, 0.25) is 0 Å². The Balaban J connectivity index is 1.88. The average Bonchev–Trinajstić information content (AvgIpc) is 2.43. The summed E-state index contributed by atoms with van der Waals surface area (Å²) in [6, 6.07) is 9.22. The molecule has 0 aromatic heterocycles. The topological polar surface area (TPSA) is 64.3 Å². The normalized spacial score (nSPS) is 10.1. The predicted octanol–water partition coefficient (Wildman–Crippen LogP) is 2.56. The number of nitrogens with two attached hydrogens (primary N) is 1. The van der Waals surface area contributed by atoms with Crippen LogP contribution in [0.3, 0.4) is 0 Å². The zero-order chi connectivity index (χ0) is 14.5. The maximum atomic E-state index is 13.1. The number of nitrogen functional groups attached to an aromatic ring is 1. The molecule has 0 saturated heterocycles. The van der Waals surface area contributed by atoms with E-state index in [2.05, 4.69) is 5.32 Å². The third kappa shape index (κ3) is 3.68. The van der Waals surface area contributed by atoms with E-state index in [1.165, 1.54) is 36.4 Å². The molecule has 6 heteroatoms. The number of hydrogen-bond donors (Lipinski definition) is 2. The van der Waals surface area contributed by atoms with Crippen molar-refractivity contribution in [2.45, 2.75) is 0 Å². The largest absolute Gasteiger partial charge is 0.484 e. The fraction of sp³-hybridized carbons (Fsp3) is 0.0714. The molecular weight excluding hydrogens is 266 g/mol. The van der Waals surface area contributed by atoms with Crippen molar-refractivity contribution in [1.29, 1.82) is 0 Å². The molecule has 2 aromatic carbocycles. The van der Waals surface area contributed by atoms with E-state index < -0.39 is 17.5 Å². The zero-order valence-corrected chi connectivity index (χ0v) is 10.4. The van der Waals surface area contributed by atoms with Crippen LogP contribution in [0.1, 0.15) is 0 Å². The van der Waals surface area contributed by atoms with Gasteiger partial charge in [-0.25, -0.2) is 8.78 Å². The molecule has 104 valence electrons. The van der Waals surface area contributed by atoms with Crippen LogP contribution in [0.5, 0.6) is 5.75 Å². The minimum absolute atomic E-state index is 0.00751. The van der Waals surface area contributed by atoms with Crippen molar-refractivity contribution in [2.24, 2.45) is 0 Å². The third-order valence-electron chi connectivity index (χ3n) is 2.47. The Bertz CT molecular complexity index is 615. The number of carbonyl (C=O) groups is 1. The molecule has 0 saturated carbocycles. The van der Waals surface area contributed by atoms with E-state index in [1.54, 1.807) is 0 Å². The van der Waals surface area contributed by atoms with Gasteiger partial charge in [-0.05, 0) is 36.4 Å². The quantitative estimate of drug-likeness (QED) is 0.845. The Morgan fingerprint density at radius 3 is 2.50 bits per heavy atom. The molecule has 0 aliphatic heterocycles. The lowest BCUT2D eigenvalue weighted by molar-refractivity contribution is -0.118. The summed E-state index contributed by atoms with van der Waals surface area (Å²) in [5.41, 5.74) is 5.77. The molecule has 0 aliphatic rings. The van der Waals surface area contributed by atoms with Gasteiger partial charge in [0.1, 0.15) is 17.4 Å². The second kappa shape index (κ2) is 6.01. The van der Waals surface area contributed by atoms with Gasteiger partial charge in [0.05, 0.1) is 5.69 Å². The van der Waals surface area contributed by atoms with Crippen LogP contribution in [0.2, 0.25) is 0 Å². The lowest BCUT2D eigenvalue weighted by Crippen LogP contribution is -2.20. The highest BCUT2D eigenvalue weighted by Gasteiger charge is 2.05. The summed E-state index contributed by atoms with van der Waals surface area (Å²) in [6.45, 7) is -0.291. The molecule has 20 heavy (non-hydrogen) atoms. The molecule has 3 N–H and O–H groups in total. The number of halogens is 2. The maximum absolute atomic E-state index is 13.1. The highest BCUT2D eigenvalue weighted by molar-refractivity contribution is 5.91. The third-order valence-corrected chi connectivity index (χ3v) is 2.47. The van der Waals surface area contributed by atoms with Gasteiger partial charge < -0.3 is 15.8 Å². The van der Waals surface area contributed by atoms with Crippen LogP contribution in [0.15, 0.2) is 42.5 Å². The van der Waals surface area contributed by atoms with Gasteiger partial charge in [0.15, 0.2) is 6.61 Å². The van der Waals surface area contributed by atoms with Crippen LogP contribution in [0, 0.1) is 11.6 Å². The lowest BCUT2D eigenvalue weighted by Gasteiger charge is -2.08. The van der Waals surface area contributed by atoms with E-state index in [0.717, 1.165) is 6.07 Å². The van der Waals surface area contributed by atoms with Crippen LogP contribution in [0.4, 0.5) is 20.2 Å². The first-order valence-corrected chi connectivity index (χ1v) is 5.78. The van der Waals surface area contributed by atoms with E-state index in [0.29, 0.717) is 5.69 Å². The smallest absolute Gasteiger partial charge is 0.262 e. The molecule has 0 bridgehead atoms. The van der Waals surface area contributed by atoms with Gasteiger partial charge in [-0.3, -0.25) is 4.79 Å². The molecule has 2 aromatic rings. The van der Waals surface area contributed by atoms with Crippen LogP contribution >= 0.6 is 0 Å². The fourth-order valence-corrected chi connectivity index (χ4v) is 1.48. The monoisotopic (exact) mass is 278 g/mol. The number of nitrogens with one attached hydrogen (secondary N) is 1. The number of anilines is 2. The molecule has 0 fully saturated rings. The van der Waals surface area contributed by atoms with E-state index in [4.69, 9.17) is 10.5 Å². The van der Waals surface area contributed by atoms with Crippen LogP contribution < -0.4 is 15.8 Å². The Labute approximate surface area is 114 Å². The second-order valence-corrected chi connectivity index (χ2v) is 4.03. The Morgan fingerprint density at radius 2 is 1.85 bits per heavy atom. The molecule has 0 aliphatic carbocycles. The van der Waals surface area contributed by atoms with Gasteiger partial charge in [-0.15, -0.1) is 0 Å². The average molecular weight is 278 g/mol. The highest BCUT2D eigenvalue weighted by atomic mass is 19.1. The summed E-state index contributed by atoms with van der Waals surface area (Å²) in [4.78, 5) is 11.6. The molecular formula is C14H12F2N2O2. The standard InChI is InChI=1S/C14H12F2N2O2/c15-9-1-3-10(4-2-9)18-14(19)8-20-11-5-6-13(17)12(16)7-11/h1-7H,8,17H2,(H,18,19). The summed E-state index contributed by atoms with van der Waals surface area (Å²) < 4.78 is 30.9. The molecule has 0 heterocycles. The van der Waals surface area contributed by atoms with Crippen LogP contribution in [-0.4, -0.2) is 12.5 Å². The van der Waals surface area contributed by atoms with E-state index in [-0.39, 0.29) is 18.0 Å². The van der Waals surface area contributed by atoms with E-state index in [1.807, 2.05) is 0 Å². The molecule has 0 atom stereocenters. The van der Waals surface area contributed by atoms with E-state index in [9.17, 15) is 13.6 Å². The minimum Gasteiger partial charge on any atom is -0.484 e. The molecule has 0 spiro atoms. The minimum atomic E-state index is -0.610. The summed E-state index contributed by atoms with van der Waals surface area (Å²) in [5.74, 6) is -1.24. The highest BCUT2D eigenvalue weighted by Crippen LogP contribution is 2.18. The first-order valence-electron chi connectivity index (χ1n) is 5.78. The number of benzene rings is 2. The number of amides is 1. The van der Waals surface area contributed by atoms with Gasteiger partial charge in [0.25, 0.3) is 5.91 Å². The molecule has 1 amide bonds. The fourth-order valence-electron chi connectivity index (χ4n) is 1.48. The predicted molar refractivity (Wildman–Crippen MR) is 71.3 cm³/mol. The number of carbonyl (C=O) groups excluding carboxylic acids is 1. The van der Waals surface area contributed by atoms with Crippen LogP contribution in [0.25, 0.3) is 0 Å². The van der Waals surface area contributed by atoms with Crippen LogP contribution in [-0.2, 0) is 4.79 Å². The summed E-state index contributed by atoms with van der Waals surface area (Å²) in [6.07, 6.45) is 0. The Hall–Kier alpha value is -2.63. The van der Waals surface area contributed by atoms with Gasteiger partial charge in [-0.2, -0.15) is 0 Å². The summed E-state index contributed by atoms with van der Waals surface area (Å²) in [5, 5.41) is 2.52.